The quantitative estimate of drug-likeness (QED) is 0.650. The van der Waals surface area contributed by atoms with E-state index in [2.05, 4.69) is 38.2 Å². The first-order chi connectivity index (χ1) is 10.8. The number of nitrogens with one attached hydrogen (secondary N) is 1. The van der Waals surface area contributed by atoms with Crippen molar-refractivity contribution in [2.75, 3.05) is 7.11 Å². The number of hydrogen-bond donors (Lipinski definition) is 2. The number of pyridine rings is 1. The number of ether oxygens (including phenoxy) is 1. The van der Waals surface area contributed by atoms with Gasteiger partial charge in [0.1, 0.15) is 6.34 Å². The van der Waals surface area contributed by atoms with Gasteiger partial charge in [-0.1, -0.05) is 6.08 Å². The van der Waals surface area contributed by atoms with Gasteiger partial charge >= 0.3 is 0 Å². The van der Waals surface area contributed by atoms with E-state index in [0.717, 1.165) is 28.2 Å². The van der Waals surface area contributed by atoms with Gasteiger partial charge in [-0.3, -0.25) is 0 Å². The molecule has 2 heterocycles. The van der Waals surface area contributed by atoms with Gasteiger partial charge in [0.2, 0.25) is 0 Å². The van der Waals surface area contributed by atoms with Crippen molar-refractivity contribution in [1.82, 2.24) is 9.97 Å². The molecule has 0 amide bonds. The summed E-state index contributed by atoms with van der Waals surface area (Å²) in [4.78, 5) is 15.5. The number of fused-ring (bicyclic) bond motifs is 1. The SMILES string of the molecule is COC1C=c2cc(-c3ccc(N=CN=CN)nc3)[nH]c2=CC1.[HH]. The molecule has 1 atom stereocenters. The van der Waals surface area contributed by atoms with Crippen LogP contribution in [0.15, 0.2) is 34.4 Å². The van der Waals surface area contributed by atoms with Crippen molar-refractivity contribution < 1.29 is 6.16 Å². The second kappa shape index (κ2) is 6.36. The summed E-state index contributed by atoms with van der Waals surface area (Å²) in [6.07, 6.45) is 9.65. The predicted molar refractivity (Wildman–Crippen MR) is 90.6 cm³/mol. The maximum absolute atomic E-state index is 5.38. The number of hydrogen-bond acceptors (Lipinski definition) is 3. The van der Waals surface area contributed by atoms with Crippen molar-refractivity contribution >= 4 is 30.6 Å². The molecule has 1 aliphatic rings. The first-order valence-corrected chi connectivity index (χ1v) is 6.96. The molecule has 6 heteroatoms. The second-order valence-corrected chi connectivity index (χ2v) is 4.88. The van der Waals surface area contributed by atoms with E-state index in [1.165, 1.54) is 12.7 Å². The van der Waals surface area contributed by atoms with Gasteiger partial charge in [-0.05, 0) is 35.9 Å². The third-order valence-corrected chi connectivity index (χ3v) is 3.50. The number of rotatable bonds is 4. The Kier molecular flexibility index (Phi) is 4.11. The lowest BCUT2D eigenvalue weighted by Gasteiger charge is -2.09. The molecule has 0 radical (unpaired) electrons. The zero-order chi connectivity index (χ0) is 15.4. The molecular formula is C16H19N5O. The van der Waals surface area contributed by atoms with Gasteiger partial charge in [0, 0.05) is 31.3 Å². The van der Waals surface area contributed by atoms with E-state index in [9.17, 15) is 0 Å². The molecule has 3 rings (SSSR count). The van der Waals surface area contributed by atoms with Crippen molar-refractivity contribution in [1.29, 1.82) is 0 Å². The molecular weight excluding hydrogens is 278 g/mol. The molecule has 0 aromatic carbocycles. The molecule has 0 saturated heterocycles. The van der Waals surface area contributed by atoms with Crippen LogP contribution >= 0.6 is 0 Å². The predicted octanol–water partition coefficient (Wildman–Crippen LogP) is 0.949. The molecule has 114 valence electrons. The van der Waals surface area contributed by atoms with Crippen molar-refractivity contribution in [3.05, 3.63) is 35.0 Å². The number of nitrogens with zero attached hydrogens (tertiary/aromatic N) is 3. The Balaban J connectivity index is 0.00000192. The molecule has 22 heavy (non-hydrogen) atoms. The average Bonchev–Trinajstić information content (AvgIpc) is 2.98. The van der Waals surface area contributed by atoms with Crippen molar-refractivity contribution in [2.45, 2.75) is 12.5 Å². The van der Waals surface area contributed by atoms with Crippen LogP contribution in [0.4, 0.5) is 5.82 Å². The van der Waals surface area contributed by atoms with Crippen LogP contribution in [0.2, 0.25) is 0 Å². The summed E-state index contributed by atoms with van der Waals surface area (Å²) >= 11 is 0. The van der Waals surface area contributed by atoms with Crippen molar-refractivity contribution in [2.24, 2.45) is 15.7 Å². The Morgan fingerprint density at radius 1 is 1.50 bits per heavy atom. The summed E-state index contributed by atoms with van der Waals surface area (Å²) in [6.45, 7) is 0. The Morgan fingerprint density at radius 3 is 3.14 bits per heavy atom. The van der Waals surface area contributed by atoms with E-state index in [1.54, 1.807) is 13.3 Å². The third-order valence-electron chi connectivity index (χ3n) is 3.50. The Labute approximate surface area is 129 Å². The Bertz CT molecular complexity index is 823. The maximum atomic E-state index is 5.38. The first-order valence-electron chi connectivity index (χ1n) is 6.96. The van der Waals surface area contributed by atoms with E-state index in [4.69, 9.17) is 10.5 Å². The fourth-order valence-electron chi connectivity index (χ4n) is 2.37. The summed E-state index contributed by atoms with van der Waals surface area (Å²) in [5, 5.41) is 2.29. The lowest BCUT2D eigenvalue weighted by Crippen LogP contribution is -2.29. The van der Waals surface area contributed by atoms with Crippen LogP contribution in [0.1, 0.15) is 7.85 Å². The van der Waals surface area contributed by atoms with Crippen LogP contribution in [0.5, 0.6) is 0 Å². The fraction of sp³-hybridized carbons (Fsp3) is 0.188. The molecule has 0 aliphatic heterocycles. The molecule has 0 fully saturated rings. The lowest BCUT2D eigenvalue weighted by molar-refractivity contribution is 0.157. The van der Waals surface area contributed by atoms with Crippen LogP contribution in [0.25, 0.3) is 23.4 Å². The Hall–Kier alpha value is -2.73. The average molecular weight is 297 g/mol. The zero-order valence-electron chi connectivity index (χ0n) is 12.2. The number of H-pyrrole nitrogens is 1. The number of aliphatic imine (C=N–C) groups is 2. The minimum Gasteiger partial charge on any atom is -0.390 e. The van der Waals surface area contributed by atoms with Crippen LogP contribution in [0, 0.1) is 0 Å². The summed E-state index contributed by atoms with van der Waals surface area (Å²) < 4.78 is 5.38. The van der Waals surface area contributed by atoms with Crippen LogP contribution in [0.3, 0.4) is 0 Å². The van der Waals surface area contributed by atoms with E-state index >= 15 is 0 Å². The highest BCUT2D eigenvalue weighted by Gasteiger charge is 2.09. The van der Waals surface area contributed by atoms with Gasteiger partial charge in [-0.2, -0.15) is 0 Å². The van der Waals surface area contributed by atoms with Gasteiger partial charge in [-0.25, -0.2) is 15.0 Å². The summed E-state index contributed by atoms with van der Waals surface area (Å²) in [7, 11) is 1.73. The highest BCUT2D eigenvalue weighted by Crippen LogP contribution is 2.17. The molecule has 0 spiro atoms. The maximum Gasteiger partial charge on any atom is 0.153 e. The molecule has 6 nitrogen and oxygen atoms in total. The van der Waals surface area contributed by atoms with Gasteiger partial charge < -0.3 is 15.5 Å². The standard InChI is InChI=1S/C16H17N5O.H2/c1-22-13-3-4-14-12(6-13)7-15(21-14)11-2-5-16(19-8-11)20-10-18-9-17;/h2,4-10,13,21H,3H2,1H3,(H2,17,18,19,20);1H. The topological polar surface area (TPSA) is 88.7 Å². The summed E-state index contributed by atoms with van der Waals surface area (Å²) in [6, 6.07) is 5.91. The highest BCUT2D eigenvalue weighted by atomic mass is 16.5. The van der Waals surface area contributed by atoms with Crippen LogP contribution in [-0.2, 0) is 4.74 Å². The van der Waals surface area contributed by atoms with Gasteiger partial charge in [0.15, 0.2) is 5.82 Å². The Morgan fingerprint density at radius 2 is 2.41 bits per heavy atom. The van der Waals surface area contributed by atoms with Crippen molar-refractivity contribution in [3.8, 4) is 11.3 Å². The summed E-state index contributed by atoms with van der Waals surface area (Å²) in [5.74, 6) is 0.586. The highest BCUT2D eigenvalue weighted by molar-refractivity contribution is 5.71. The van der Waals surface area contributed by atoms with E-state index in [1.807, 2.05) is 12.1 Å². The molecule has 0 saturated carbocycles. The molecule has 3 N–H and O–H groups in total. The first kappa shape index (κ1) is 14.2. The van der Waals surface area contributed by atoms with E-state index < -0.39 is 0 Å². The molecule has 2 aromatic rings. The minimum atomic E-state index is 0. The third kappa shape index (κ3) is 2.96. The normalized spacial score (nSPS) is 17.4. The molecule has 1 aliphatic carbocycles. The van der Waals surface area contributed by atoms with Crippen LogP contribution < -0.4 is 16.3 Å². The largest absolute Gasteiger partial charge is 0.390 e. The van der Waals surface area contributed by atoms with Crippen LogP contribution in [-0.4, -0.2) is 35.9 Å². The van der Waals surface area contributed by atoms with Gasteiger partial charge in [0.25, 0.3) is 0 Å². The molecule has 1 unspecified atom stereocenters. The summed E-state index contributed by atoms with van der Waals surface area (Å²) in [5.41, 5.74) is 7.17. The van der Waals surface area contributed by atoms with Gasteiger partial charge in [-0.15, -0.1) is 0 Å². The van der Waals surface area contributed by atoms with E-state index in [0.29, 0.717) is 5.82 Å². The number of aromatic amines is 1. The number of methoxy groups -OCH3 is 1. The van der Waals surface area contributed by atoms with Crippen molar-refractivity contribution in [3.63, 3.8) is 0 Å². The molecule has 0 bridgehead atoms. The minimum absolute atomic E-state index is 0. The lowest BCUT2D eigenvalue weighted by atomic mass is 10.1. The second-order valence-electron chi connectivity index (χ2n) is 4.88. The zero-order valence-corrected chi connectivity index (χ0v) is 12.2. The van der Waals surface area contributed by atoms with Gasteiger partial charge in [0.05, 0.1) is 12.4 Å². The number of aromatic nitrogens is 2. The number of nitrogens with two attached hydrogens (primary N) is 1. The van der Waals surface area contributed by atoms with E-state index in [-0.39, 0.29) is 7.53 Å². The fourth-order valence-corrected chi connectivity index (χ4v) is 2.37. The monoisotopic (exact) mass is 297 g/mol. The molecule has 2 aromatic heterocycles. The smallest absolute Gasteiger partial charge is 0.153 e.